The van der Waals surface area contributed by atoms with E-state index in [0.717, 1.165) is 90.5 Å². The number of hydrogen-bond donors (Lipinski definition) is 0. The van der Waals surface area contributed by atoms with Crippen LogP contribution in [0.4, 0.5) is 11.4 Å². The second-order valence-corrected chi connectivity index (χ2v) is 12.6. The molecule has 4 nitrogen and oxygen atoms in total. The van der Waals surface area contributed by atoms with E-state index < -0.39 is 0 Å². The summed E-state index contributed by atoms with van der Waals surface area (Å²) >= 11 is 0. The second kappa shape index (κ2) is 14.5. The molecule has 0 unspecified atom stereocenters. The summed E-state index contributed by atoms with van der Waals surface area (Å²) in [5.41, 5.74) is 13.3. The van der Waals surface area contributed by atoms with Crippen molar-refractivity contribution in [3.63, 3.8) is 0 Å². The number of aliphatic imine (C=N–C) groups is 2. The molecule has 0 saturated carbocycles. The van der Waals surface area contributed by atoms with Crippen molar-refractivity contribution >= 4 is 45.6 Å². The number of rotatable bonds is 9. The van der Waals surface area contributed by atoms with Gasteiger partial charge in [0.25, 0.3) is 0 Å². The fourth-order valence-corrected chi connectivity index (χ4v) is 6.81. The van der Waals surface area contributed by atoms with Crippen molar-refractivity contribution in [2.24, 2.45) is 9.98 Å². The molecule has 7 aromatic carbocycles. The Morgan fingerprint density at radius 2 is 0.843 bits per heavy atom. The van der Waals surface area contributed by atoms with Crippen LogP contribution in [0.5, 0.6) is 0 Å². The molecular formula is C47H36N4. The topological polar surface area (TPSA) is 50.5 Å². The number of nitrogens with zero attached hydrogens (tertiary/aromatic N) is 4. The minimum atomic E-state index is 0.806. The Hall–Kier alpha value is -6.52. The van der Waals surface area contributed by atoms with Gasteiger partial charge in [0.1, 0.15) is 11.0 Å². The molecule has 0 saturated heterocycles. The van der Waals surface area contributed by atoms with Crippen LogP contribution in [0, 0.1) is 0 Å². The van der Waals surface area contributed by atoms with Gasteiger partial charge >= 0.3 is 0 Å². The molecule has 0 amide bonds. The zero-order valence-electron chi connectivity index (χ0n) is 28.4. The summed E-state index contributed by atoms with van der Waals surface area (Å²) in [4.78, 5) is 10.3. The summed E-state index contributed by atoms with van der Waals surface area (Å²) in [7, 11) is 0. The highest BCUT2D eigenvalue weighted by atomic mass is 15.1. The first-order chi connectivity index (χ1) is 25.3. The van der Waals surface area contributed by atoms with Crippen LogP contribution in [-0.2, 0) is 6.42 Å². The maximum atomic E-state index is 5.18. The van der Waals surface area contributed by atoms with Gasteiger partial charge in [0.15, 0.2) is 0 Å². The summed E-state index contributed by atoms with van der Waals surface area (Å²) in [6, 6.07) is 56.7. The van der Waals surface area contributed by atoms with Crippen LogP contribution in [0.15, 0.2) is 174 Å². The smallest absolute Gasteiger partial charge is 0.102 e. The van der Waals surface area contributed by atoms with Gasteiger partial charge in [-0.3, -0.25) is 9.98 Å². The van der Waals surface area contributed by atoms with Gasteiger partial charge in [-0.25, -0.2) is 0 Å². The summed E-state index contributed by atoms with van der Waals surface area (Å²) in [6.07, 6.45) is 5.88. The van der Waals surface area contributed by atoms with Crippen molar-refractivity contribution in [3.8, 4) is 33.4 Å². The summed E-state index contributed by atoms with van der Waals surface area (Å²) < 4.78 is 0. The van der Waals surface area contributed by atoms with Crippen LogP contribution >= 0.6 is 0 Å². The summed E-state index contributed by atoms with van der Waals surface area (Å²) in [6.45, 7) is 2.21. The first kappa shape index (κ1) is 31.7. The van der Waals surface area contributed by atoms with E-state index in [9.17, 15) is 0 Å². The quantitative estimate of drug-likeness (QED) is 0.115. The molecule has 244 valence electrons. The average Bonchev–Trinajstić information content (AvgIpc) is 3.20. The van der Waals surface area contributed by atoms with Crippen molar-refractivity contribution in [2.75, 3.05) is 0 Å². The Labute approximate surface area is 298 Å². The van der Waals surface area contributed by atoms with Crippen molar-refractivity contribution in [3.05, 3.63) is 180 Å². The molecule has 0 bridgehead atoms. The molecular weight excluding hydrogens is 621 g/mol. The van der Waals surface area contributed by atoms with Gasteiger partial charge in [0.05, 0.1) is 11.4 Å². The van der Waals surface area contributed by atoms with Crippen LogP contribution in [0.1, 0.15) is 30.0 Å². The molecule has 0 radical (unpaired) electrons. The van der Waals surface area contributed by atoms with E-state index in [1.165, 1.54) is 5.56 Å². The van der Waals surface area contributed by atoms with Gasteiger partial charge < -0.3 is 0 Å². The Bertz CT molecular complexity index is 2460. The molecule has 0 aliphatic carbocycles. The third-order valence-electron chi connectivity index (χ3n) is 9.27. The van der Waals surface area contributed by atoms with Gasteiger partial charge in [-0.05, 0) is 28.7 Å². The number of fused-ring (bicyclic) bond motifs is 3. The Kier molecular flexibility index (Phi) is 9.04. The van der Waals surface area contributed by atoms with Crippen LogP contribution in [0.2, 0.25) is 0 Å². The van der Waals surface area contributed by atoms with Gasteiger partial charge in [-0.1, -0.05) is 177 Å². The van der Waals surface area contributed by atoms with Crippen molar-refractivity contribution in [2.45, 2.75) is 19.8 Å². The lowest BCUT2D eigenvalue weighted by atomic mass is 9.96. The van der Waals surface area contributed by atoms with Crippen molar-refractivity contribution in [1.82, 2.24) is 10.2 Å². The first-order valence-corrected chi connectivity index (χ1v) is 17.5. The molecule has 51 heavy (non-hydrogen) atoms. The number of benzene rings is 7. The van der Waals surface area contributed by atoms with Crippen LogP contribution in [0.3, 0.4) is 0 Å². The third-order valence-corrected chi connectivity index (χ3v) is 9.27. The fourth-order valence-electron chi connectivity index (χ4n) is 6.81. The molecule has 0 spiro atoms. The van der Waals surface area contributed by atoms with Crippen molar-refractivity contribution < 1.29 is 0 Å². The number of para-hydroxylation sites is 2. The van der Waals surface area contributed by atoms with E-state index >= 15 is 0 Å². The molecule has 0 fully saturated rings. The van der Waals surface area contributed by atoms with Gasteiger partial charge in [-0.15, -0.1) is 10.2 Å². The standard InChI is InChI=1S/C47H36N4/c1-2-16-36-23-12-26-39(33-17-6-3-7-18-33)44(36)48-31-37-24-13-29-42-43-30-14-25-38(46(43)51-50-45(37)42)32-49-47-40(34-19-8-4-9-20-34)27-15-28-41(47)35-21-10-5-11-22-35/h3-15,17-32H,2,16H2,1H3/b48-31+,49-32+. The summed E-state index contributed by atoms with van der Waals surface area (Å²) in [5, 5.41) is 11.7. The van der Waals surface area contributed by atoms with E-state index in [2.05, 4.69) is 153 Å². The molecule has 4 heteroatoms. The highest BCUT2D eigenvalue weighted by Gasteiger charge is 2.14. The molecule has 0 aliphatic rings. The molecule has 8 rings (SSSR count). The van der Waals surface area contributed by atoms with Crippen LogP contribution in [0.25, 0.3) is 55.2 Å². The minimum Gasteiger partial charge on any atom is -0.255 e. The fraction of sp³-hybridized carbons (Fsp3) is 0.0638. The minimum absolute atomic E-state index is 0.806. The number of aromatic nitrogens is 2. The zero-order chi connectivity index (χ0) is 34.4. The Balaban J connectivity index is 1.21. The average molecular weight is 657 g/mol. The molecule has 1 aromatic heterocycles. The SMILES string of the molecule is CCCc1cccc(-c2ccccc2)c1/N=C/c1cccc2c1nnc1c(/C=N/c3c(-c4ccccc4)cccc3-c3ccccc3)cccc12. The third kappa shape index (κ3) is 6.48. The van der Waals surface area contributed by atoms with Gasteiger partial charge in [0.2, 0.25) is 0 Å². The second-order valence-electron chi connectivity index (χ2n) is 12.6. The van der Waals surface area contributed by atoms with Gasteiger partial charge in [-0.2, -0.15) is 0 Å². The van der Waals surface area contributed by atoms with Gasteiger partial charge in [0, 0.05) is 51.0 Å². The predicted molar refractivity (Wildman–Crippen MR) is 215 cm³/mol. The maximum Gasteiger partial charge on any atom is 0.102 e. The van der Waals surface area contributed by atoms with E-state index in [0.29, 0.717) is 0 Å². The van der Waals surface area contributed by atoms with E-state index in [4.69, 9.17) is 20.2 Å². The molecule has 0 atom stereocenters. The van der Waals surface area contributed by atoms with Crippen LogP contribution < -0.4 is 0 Å². The lowest BCUT2D eigenvalue weighted by molar-refractivity contribution is 0.922. The Morgan fingerprint density at radius 3 is 1.31 bits per heavy atom. The highest BCUT2D eigenvalue weighted by molar-refractivity contribution is 6.13. The molecule has 1 heterocycles. The lowest BCUT2D eigenvalue weighted by Gasteiger charge is -2.12. The normalized spacial score (nSPS) is 11.6. The van der Waals surface area contributed by atoms with E-state index in [1.807, 2.05) is 30.6 Å². The molecule has 8 aromatic rings. The zero-order valence-corrected chi connectivity index (χ0v) is 28.4. The van der Waals surface area contributed by atoms with Crippen LogP contribution in [-0.4, -0.2) is 22.6 Å². The first-order valence-electron chi connectivity index (χ1n) is 17.5. The largest absolute Gasteiger partial charge is 0.255 e. The lowest BCUT2D eigenvalue weighted by Crippen LogP contribution is -1.96. The summed E-state index contributed by atoms with van der Waals surface area (Å²) in [5.74, 6) is 0. The number of hydrogen-bond acceptors (Lipinski definition) is 4. The molecule has 0 aliphatic heterocycles. The number of aryl methyl sites for hydroxylation is 1. The maximum absolute atomic E-state index is 5.18. The monoisotopic (exact) mass is 656 g/mol. The van der Waals surface area contributed by atoms with E-state index in [1.54, 1.807) is 0 Å². The Morgan fingerprint density at radius 1 is 0.431 bits per heavy atom. The molecule has 0 N–H and O–H groups in total. The predicted octanol–water partition coefficient (Wildman–Crippen LogP) is 12.2. The van der Waals surface area contributed by atoms with Crippen molar-refractivity contribution in [1.29, 1.82) is 0 Å². The highest BCUT2D eigenvalue weighted by Crippen LogP contribution is 2.39. The van der Waals surface area contributed by atoms with E-state index in [-0.39, 0.29) is 0 Å².